The molecule has 2 rings (SSSR count). The Morgan fingerprint density at radius 3 is 2.95 bits per heavy atom. The monoisotopic (exact) mass is 294 g/mol. The fraction of sp³-hybridized carbons (Fsp3) is 0.500. The standard InChI is InChI=1S/C14H18N2O3S/c15-11-12-4-1-7-14(10-12)20(18,19)16-8-2-5-13(16)6-3-9-17/h1,4,7,10,13,17H,2-3,5-6,8-9H2. The van der Waals surface area contributed by atoms with Gasteiger partial charge in [-0.2, -0.15) is 9.57 Å². The van der Waals surface area contributed by atoms with Gasteiger partial charge in [-0.05, 0) is 43.9 Å². The molecule has 0 spiro atoms. The molecule has 1 fully saturated rings. The predicted octanol–water partition coefficient (Wildman–Crippen LogP) is 1.48. The van der Waals surface area contributed by atoms with Crippen LogP contribution in [0.2, 0.25) is 0 Å². The molecule has 0 aliphatic carbocycles. The van der Waals surface area contributed by atoms with Crippen LogP contribution in [-0.2, 0) is 10.0 Å². The quantitative estimate of drug-likeness (QED) is 0.892. The minimum Gasteiger partial charge on any atom is -0.396 e. The number of sulfonamides is 1. The number of hydrogen-bond donors (Lipinski definition) is 1. The first-order valence-corrected chi connectivity index (χ1v) is 8.16. The predicted molar refractivity (Wildman–Crippen MR) is 74.4 cm³/mol. The van der Waals surface area contributed by atoms with Crippen molar-refractivity contribution >= 4 is 10.0 Å². The third kappa shape index (κ3) is 3.01. The molecule has 20 heavy (non-hydrogen) atoms. The van der Waals surface area contributed by atoms with Crippen LogP contribution in [0.3, 0.4) is 0 Å². The molecular formula is C14H18N2O3S. The van der Waals surface area contributed by atoms with E-state index >= 15 is 0 Å². The van der Waals surface area contributed by atoms with Gasteiger partial charge in [-0.25, -0.2) is 8.42 Å². The summed E-state index contributed by atoms with van der Waals surface area (Å²) >= 11 is 0. The molecule has 108 valence electrons. The first-order valence-electron chi connectivity index (χ1n) is 6.72. The van der Waals surface area contributed by atoms with Gasteiger partial charge in [-0.3, -0.25) is 0 Å². The van der Waals surface area contributed by atoms with Crippen molar-refractivity contribution in [2.75, 3.05) is 13.2 Å². The second kappa shape index (κ2) is 6.35. The molecule has 5 nitrogen and oxygen atoms in total. The molecule has 1 N–H and O–H groups in total. The van der Waals surface area contributed by atoms with Gasteiger partial charge in [0.25, 0.3) is 0 Å². The Labute approximate surface area is 119 Å². The third-order valence-corrected chi connectivity index (χ3v) is 5.54. The third-order valence-electron chi connectivity index (χ3n) is 3.59. The van der Waals surface area contributed by atoms with Gasteiger partial charge < -0.3 is 5.11 Å². The average molecular weight is 294 g/mol. The summed E-state index contributed by atoms with van der Waals surface area (Å²) < 4.78 is 26.8. The fourth-order valence-corrected chi connectivity index (χ4v) is 4.37. The van der Waals surface area contributed by atoms with E-state index in [2.05, 4.69) is 0 Å². The molecule has 0 bridgehead atoms. The van der Waals surface area contributed by atoms with Gasteiger partial charge in [0.1, 0.15) is 0 Å². The second-order valence-corrected chi connectivity index (χ2v) is 6.81. The first kappa shape index (κ1) is 15.0. The summed E-state index contributed by atoms with van der Waals surface area (Å²) in [7, 11) is -3.55. The van der Waals surface area contributed by atoms with Gasteiger partial charge in [0.05, 0.1) is 16.5 Å². The lowest BCUT2D eigenvalue weighted by molar-refractivity contribution is 0.264. The van der Waals surface area contributed by atoms with E-state index in [-0.39, 0.29) is 17.5 Å². The maximum absolute atomic E-state index is 12.6. The number of nitriles is 1. The molecule has 0 amide bonds. The van der Waals surface area contributed by atoms with E-state index in [4.69, 9.17) is 10.4 Å². The van der Waals surface area contributed by atoms with Crippen LogP contribution < -0.4 is 0 Å². The highest BCUT2D eigenvalue weighted by Crippen LogP contribution is 2.28. The Bertz CT molecular complexity index is 607. The Morgan fingerprint density at radius 1 is 1.45 bits per heavy atom. The van der Waals surface area contributed by atoms with Gasteiger partial charge in [0, 0.05) is 19.2 Å². The lowest BCUT2D eigenvalue weighted by atomic mass is 10.1. The van der Waals surface area contributed by atoms with Crippen LogP contribution in [-0.4, -0.2) is 37.0 Å². The molecule has 0 saturated carbocycles. The van der Waals surface area contributed by atoms with Crippen molar-refractivity contribution in [2.24, 2.45) is 0 Å². The summed E-state index contributed by atoms with van der Waals surface area (Å²) in [6.07, 6.45) is 2.95. The number of benzene rings is 1. The normalized spacial score (nSPS) is 19.9. The lowest BCUT2D eigenvalue weighted by Gasteiger charge is -2.24. The number of rotatable bonds is 5. The van der Waals surface area contributed by atoms with Crippen LogP contribution >= 0.6 is 0 Å². The van der Waals surface area contributed by atoms with Gasteiger partial charge >= 0.3 is 0 Å². The zero-order valence-electron chi connectivity index (χ0n) is 11.2. The molecule has 6 heteroatoms. The Morgan fingerprint density at radius 2 is 2.25 bits per heavy atom. The topological polar surface area (TPSA) is 81.4 Å². The highest BCUT2D eigenvalue weighted by atomic mass is 32.2. The van der Waals surface area contributed by atoms with Crippen molar-refractivity contribution in [1.29, 1.82) is 5.26 Å². The van der Waals surface area contributed by atoms with Crippen LogP contribution in [0.15, 0.2) is 29.2 Å². The largest absolute Gasteiger partial charge is 0.396 e. The molecule has 1 aromatic rings. The van der Waals surface area contributed by atoms with E-state index in [0.29, 0.717) is 24.9 Å². The highest BCUT2D eigenvalue weighted by molar-refractivity contribution is 7.89. The molecule has 1 aliphatic heterocycles. The van der Waals surface area contributed by atoms with Crippen molar-refractivity contribution in [3.05, 3.63) is 29.8 Å². The van der Waals surface area contributed by atoms with Crippen molar-refractivity contribution in [3.63, 3.8) is 0 Å². The molecule has 1 atom stereocenters. The van der Waals surface area contributed by atoms with E-state index in [0.717, 1.165) is 12.8 Å². The van der Waals surface area contributed by atoms with E-state index in [9.17, 15) is 8.42 Å². The van der Waals surface area contributed by atoms with Crippen LogP contribution in [0.1, 0.15) is 31.2 Å². The molecule has 1 aliphatic rings. The zero-order chi connectivity index (χ0) is 14.6. The molecule has 0 aromatic heterocycles. The van der Waals surface area contributed by atoms with Gasteiger partial charge in [-0.15, -0.1) is 0 Å². The van der Waals surface area contributed by atoms with E-state index in [1.54, 1.807) is 12.1 Å². The average Bonchev–Trinajstić information content (AvgIpc) is 2.94. The molecule has 1 heterocycles. The minimum absolute atomic E-state index is 0.0436. The van der Waals surface area contributed by atoms with Crippen LogP contribution in [0, 0.1) is 11.3 Å². The molecule has 0 radical (unpaired) electrons. The molecule has 1 aromatic carbocycles. The Balaban J connectivity index is 2.27. The van der Waals surface area contributed by atoms with Gasteiger partial charge in [0.2, 0.25) is 10.0 Å². The van der Waals surface area contributed by atoms with Crippen LogP contribution in [0.4, 0.5) is 0 Å². The van der Waals surface area contributed by atoms with Crippen LogP contribution in [0.5, 0.6) is 0 Å². The van der Waals surface area contributed by atoms with Crippen molar-refractivity contribution < 1.29 is 13.5 Å². The maximum atomic E-state index is 12.6. The van der Waals surface area contributed by atoms with Gasteiger partial charge in [-0.1, -0.05) is 6.07 Å². The Hall–Kier alpha value is -1.42. The van der Waals surface area contributed by atoms with E-state index in [1.165, 1.54) is 16.4 Å². The van der Waals surface area contributed by atoms with Crippen LogP contribution in [0.25, 0.3) is 0 Å². The number of nitrogens with zero attached hydrogens (tertiary/aromatic N) is 2. The SMILES string of the molecule is N#Cc1cccc(S(=O)(=O)N2CCCC2CCCO)c1. The lowest BCUT2D eigenvalue weighted by Crippen LogP contribution is -2.35. The zero-order valence-corrected chi connectivity index (χ0v) is 12.0. The molecular weight excluding hydrogens is 276 g/mol. The van der Waals surface area contributed by atoms with E-state index < -0.39 is 10.0 Å². The van der Waals surface area contributed by atoms with Crippen molar-refractivity contribution in [2.45, 2.75) is 36.6 Å². The van der Waals surface area contributed by atoms with Crippen molar-refractivity contribution in [1.82, 2.24) is 4.31 Å². The molecule has 1 saturated heterocycles. The fourth-order valence-electron chi connectivity index (χ4n) is 2.60. The number of aliphatic hydroxyl groups excluding tert-OH is 1. The maximum Gasteiger partial charge on any atom is 0.243 e. The number of hydrogen-bond acceptors (Lipinski definition) is 4. The molecule has 1 unspecified atom stereocenters. The summed E-state index contributed by atoms with van der Waals surface area (Å²) in [6.45, 7) is 0.587. The second-order valence-electron chi connectivity index (χ2n) is 4.92. The van der Waals surface area contributed by atoms with Gasteiger partial charge in [0.15, 0.2) is 0 Å². The smallest absolute Gasteiger partial charge is 0.243 e. The first-order chi connectivity index (χ1) is 9.59. The minimum atomic E-state index is -3.55. The number of aliphatic hydroxyl groups is 1. The summed E-state index contributed by atoms with van der Waals surface area (Å²) in [6, 6.07) is 8.03. The van der Waals surface area contributed by atoms with E-state index in [1.807, 2.05) is 6.07 Å². The summed E-state index contributed by atoms with van der Waals surface area (Å²) in [5, 5.41) is 17.8. The summed E-state index contributed by atoms with van der Waals surface area (Å²) in [4.78, 5) is 0.174. The highest BCUT2D eigenvalue weighted by Gasteiger charge is 2.34. The summed E-state index contributed by atoms with van der Waals surface area (Å²) in [5.74, 6) is 0. The van der Waals surface area contributed by atoms with Crippen molar-refractivity contribution in [3.8, 4) is 6.07 Å². The Kier molecular flexibility index (Phi) is 4.76. The summed E-state index contributed by atoms with van der Waals surface area (Å²) in [5.41, 5.74) is 0.345.